The van der Waals surface area contributed by atoms with E-state index in [4.69, 9.17) is 13.9 Å². The lowest BCUT2D eigenvalue weighted by atomic mass is 9.85. The lowest BCUT2D eigenvalue weighted by molar-refractivity contribution is -0.114. The standard InChI is InChI=1S/C23H20N4O4/c1-13-7-4-5-8-16(13)30-11-18-25-22-21-20(17-9-6-10-29-17)19(14(2)28)15(3)31-23(21)24-12-27(22)26-18/h4-10,12,20H,11H2,1-3H3. The third-order valence-electron chi connectivity index (χ3n) is 5.29. The van der Waals surface area contributed by atoms with Crippen molar-refractivity contribution >= 4 is 11.4 Å². The second-order valence-corrected chi connectivity index (χ2v) is 7.39. The molecule has 1 aliphatic rings. The summed E-state index contributed by atoms with van der Waals surface area (Å²) in [6, 6.07) is 11.4. The van der Waals surface area contributed by atoms with E-state index in [1.165, 1.54) is 6.92 Å². The molecule has 4 aromatic rings. The smallest absolute Gasteiger partial charge is 0.228 e. The molecule has 0 aliphatic carbocycles. The zero-order chi connectivity index (χ0) is 21.5. The monoisotopic (exact) mass is 416 g/mol. The Bertz CT molecular complexity index is 1320. The van der Waals surface area contributed by atoms with Crippen molar-refractivity contribution in [3.05, 3.63) is 83.0 Å². The van der Waals surface area contributed by atoms with Gasteiger partial charge in [0.2, 0.25) is 5.88 Å². The fourth-order valence-corrected chi connectivity index (χ4v) is 3.90. The molecule has 0 bridgehead atoms. The number of ketones is 1. The molecule has 1 unspecified atom stereocenters. The normalized spacial score (nSPS) is 15.6. The average Bonchev–Trinajstić information content (AvgIpc) is 3.41. The molecule has 0 spiro atoms. The number of benzene rings is 1. The van der Waals surface area contributed by atoms with Crippen LogP contribution in [0.4, 0.5) is 0 Å². The van der Waals surface area contributed by atoms with Crippen LogP contribution < -0.4 is 9.47 Å². The molecule has 5 rings (SSSR count). The number of aromatic nitrogens is 4. The van der Waals surface area contributed by atoms with E-state index in [1.807, 2.05) is 37.3 Å². The number of furan rings is 1. The van der Waals surface area contributed by atoms with Gasteiger partial charge in [-0.3, -0.25) is 4.79 Å². The fourth-order valence-electron chi connectivity index (χ4n) is 3.90. The summed E-state index contributed by atoms with van der Waals surface area (Å²) in [4.78, 5) is 21.6. The van der Waals surface area contributed by atoms with Crippen LogP contribution in [0, 0.1) is 6.92 Å². The summed E-state index contributed by atoms with van der Waals surface area (Å²) in [7, 11) is 0. The highest BCUT2D eigenvalue weighted by molar-refractivity contribution is 5.97. The van der Waals surface area contributed by atoms with Crippen molar-refractivity contribution in [1.82, 2.24) is 19.6 Å². The number of hydrogen-bond donors (Lipinski definition) is 0. The number of ether oxygens (including phenoxy) is 2. The Hall–Kier alpha value is -3.94. The zero-order valence-corrected chi connectivity index (χ0v) is 17.3. The summed E-state index contributed by atoms with van der Waals surface area (Å²) in [6.07, 6.45) is 3.13. The number of Topliss-reactive ketones (excluding diaryl/α,β-unsaturated/α-hetero) is 1. The molecule has 8 heteroatoms. The number of rotatable bonds is 5. The van der Waals surface area contributed by atoms with E-state index in [0.29, 0.717) is 40.0 Å². The molecule has 1 aliphatic heterocycles. The first-order valence-electron chi connectivity index (χ1n) is 9.88. The Morgan fingerprint density at radius 3 is 2.77 bits per heavy atom. The minimum Gasteiger partial charge on any atom is -0.485 e. The van der Waals surface area contributed by atoms with E-state index in [1.54, 1.807) is 30.1 Å². The van der Waals surface area contributed by atoms with Gasteiger partial charge in [-0.1, -0.05) is 18.2 Å². The van der Waals surface area contributed by atoms with E-state index in [-0.39, 0.29) is 12.4 Å². The molecule has 0 amide bonds. The maximum absolute atomic E-state index is 12.5. The maximum atomic E-state index is 12.5. The van der Waals surface area contributed by atoms with Crippen LogP contribution >= 0.6 is 0 Å². The Morgan fingerprint density at radius 2 is 2.03 bits per heavy atom. The van der Waals surface area contributed by atoms with Crippen molar-refractivity contribution < 1.29 is 18.7 Å². The van der Waals surface area contributed by atoms with Crippen LogP contribution in [0.15, 0.2) is 64.7 Å². The quantitative estimate of drug-likeness (QED) is 0.486. The summed E-state index contributed by atoms with van der Waals surface area (Å²) >= 11 is 0. The van der Waals surface area contributed by atoms with Crippen LogP contribution in [-0.4, -0.2) is 25.4 Å². The number of nitrogens with zero attached hydrogens (tertiary/aromatic N) is 4. The number of fused-ring (bicyclic) bond motifs is 3. The molecule has 0 radical (unpaired) electrons. The highest BCUT2D eigenvalue weighted by Crippen LogP contribution is 2.44. The van der Waals surface area contributed by atoms with Crippen LogP contribution in [0.2, 0.25) is 0 Å². The summed E-state index contributed by atoms with van der Waals surface area (Å²) in [6.45, 7) is 5.45. The highest BCUT2D eigenvalue weighted by Gasteiger charge is 2.37. The van der Waals surface area contributed by atoms with Gasteiger partial charge in [0.1, 0.15) is 30.2 Å². The van der Waals surface area contributed by atoms with Gasteiger partial charge in [0.25, 0.3) is 0 Å². The predicted molar refractivity (Wildman–Crippen MR) is 111 cm³/mol. The van der Waals surface area contributed by atoms with E-state index < -0.39 is 5.92 Å². The third-order valence-corrected chi connectivity index (χ3v) is 5.29. The topological polar surface area (TPSA) is 91.8 Å². The molecular weight excluding hydrogens is 396 g/mol. The van der Waals surface area contributed by atoms with Crippen molar-refractivity contribution in [2.24, 2.45) is 0 Å². The van der Waals surface area contributed by atoms with Crippen molar-refractivity contribution in [3.63, 3.8) is 0 Å². The molecule has 0 fully saturated rings. The van der Waals surface area contributed by atoms with Crippen LogP contribution in [0.5, 0.6) is 11.6 Å². The molecule has 4 heterocycles. The van der Waals surface area contributed by atoms with Crippen molar-refractivity contribution in [2.45, 2.75) is 33.3 Å². The first-order chi connectivity index (χ1) is 15.0. The molecule has 1 aromatic carbocycles. The Labute approximate surface area is 178 Å². The number of para-hydroxylation sites is 1. The molecule has 1 atom stereocenters. The molecule has 0 saturated carbocycles. The van der Waals surface area contributed by atoms with Gasteiger partial charge in [0.05, 0.1) is 17.7 Å². The minimum atomic E-state index is -0.484. The molecule has 0 saturated heterocycles. The van der Waals surface area contributed by atoms with E-state index in [0.717, 1.165) is 11.3 Å². The molecule has 3 aromatic heterocycles. The van der Waals surface area contributed by atoms with Gasteiger partial charge in [-0.25, -0.2) is 14.5 Å². The van der Waals surface area contributed by atoms with E-state index >= 15 is 0 Å². The van der Waals surface area contributed by atoms with Crippen molar-refractivity contribution in [1.29, 1.82) is 0 Å². The number of allylic oxidation sites excluding steroid dienone is 2. The number of carbonyl (C=O) groups is 1. The lowest BCUT2D eigenvalue weighted by Gasteiger charge is -2.26. The molecule has 31 heavy (non-hydrogen) atoms. The molecule has 0 N–H and O–H groups in total. The second-order valence-electron chi connectivity index (χ2n) is 7.39. The number of hydrogen-bond acceptors (Lipinski definition) is 7. The van der Waals surface area contributed by atoms with Crippen LogP contribution in [0.25, 0.3) is 5.65 Å². The average molecular weight is 416 g/mol. The summed E-state index contributed by atoms with van der Waals surface area (Å²) in [5.74, 6) is 2.18. The van der Waals surface area contributed by atoms with E-state index in [9.17, 15) is 4.79 Å². The third kappa shape index (κ3) is 3.26. The molecule has 156 valence electrons. The van der Waals surface area contributed by atoms with Gasteiger partial charge in [-0.2, -0.15) is 0 Å². The van der Waals surface area contributed by atoms with Crippen LogP contribution in [-0.2, 0) is 11.4 Å². The van der Waals surface area contributed by atoms with Gasteiger partial charge in [-0.15, -0.1) is 5.10 Å². The maximum Gasteiger partial charge on any atom is 0.228 e. The Morgan fingerprint density at radius 1 is 1.19 bits per heavy atom. The van der Waals surface area contributed by atoms with Gasteiger partial charge < -0.3 is 13.9 Å². The predicted octanol–water partition coefficient (Wildman–Crippen LogP) is 3.99. The summed E-state index contributed by atoms with van der Waals surface area (Å²) in [5.41, 5.74) is 2.73. The minimum absolute atomic E-state index is 0.103. The van der Waals surface area contributed by atoms with Crippen molar-refractivity contribution in [2.75, 3.05) is 0 Å². The van der Waals surface area contributed by atoms with Gasteiger partial charge in [-0.05, 0) is 44.5 Å². The van der Waals surface area contributed by atoms with Gasteiger partial charge in [0, 0.05) is 5.57 Å². The first kappa shape index (κ1) is 19.0. The highest BCUT2D eigenvalue weighted by atomic mass is 16.5. The van der Waals surface area contributed by atoms with E-state index in [2.05, 4.69) is 15.1 Å². The Balaban J connectivity index is 1.59. The van der Waals surface area contributed by atoms with Crippen LogP contribution in [0.3, 0.4) is 0 Å². The second kappa shape index (κ2) is 7.39. The fraction of sp³-hybridized carbons (Fsp3) is 0.217. The number of carbonyl (C=O) groups excluding carboxylic acids is 1. The number of aryl methyl sites for hydroxylation is 1. The lowest BCUT2D eigenvalue weighted by Crippen LogP contribution is -2.21. The van der Waals surface area contributed by atoms with Crippen molar-refractivity contribution in [3.8, 4) is 11.6 Å². The SMILES string of the molecule is CC(=O)C1=C(C)Oc2ncn3nc(COc4ccccc4C)nc3c2C1c1ccco1. The zero-order valence-electron chi connectivity index (χ0n) is 17.3. The Kier molecular flexibility index (Phi) is 4.54. The van der Waals surface area contributed by atoms with Gasteiger partial charge >= 0.3 is 0 Å². The van der Waals surface area contributed by atoms with Crippen LogP contribution in [0.1, 0.15) is 42.5 Å². The first-order valence-corrected chi connectivity index (χ1v) is 9.88. The molecule has 8 nitrogen and oxygen atoms in total. The summed E-state index contributed by atoms with van der Waals surface area (Å²) in [5, 5.41) is 4.50. The largest absolute Gasteiger partial charge is 0.485 e. The molecular formula is C23H20N4O4. The summed E-state index contributed by atoms with van der Waals surface area (Å²) < 4.78 is 19.0. The van der Waals surface area contributed by atoms with Gasteiger partial charge in [0.15, 0.2) is 17.3 Å².